The average molecular weight is 414 g/mol. The molecule has 0 spiro atoms. The molecule has 0 atom stereocenters. The SMILES string of the molecule is Cc1cc(NC(=O)c2ccco2)sc1C(=O)Nc1ccc2c(c1)Cc1ccccc1-2. The van der Waals surface area contributed by atoms with Gasteiger partial charge < -0.3 is 15.1 Å². The molecule has 1 aliphatic carbocycles. The van der Waals surface area contributed by atoms with Crippen LogP contribution in [0, 0.1) is 6.92 Å². The van der Waals surface area contributed by atoms with E-state index in [9.17, 15) is 9.59 Å². The number of benzene rings is 2. The molecule has 0 radical (unpaired) electrons. The molecule has 2 heterocycles. The molecular weight excluding hydrogens is 396 g/mol. The Hall–Kier alpha value is -3.64. The molecule has 6 heteroatoms. The molecule has 0 aliphatic heterocycles. The molecule has 0 saturated carbocycles. The third-order valence-corrected chi connectivity index (χ3v) is 6.31. The molecule has 0 bridgehead atoms. The molecule has 0 saturated heterocycles. The quantitative estimate of drug-likeness (QED) is 0.395. The summed E-state index contributed by atoms with van der Waals surface area (Å²) in [6.45, 7) is 1.85. The number of rotatable bonds is 4. The average Bonchev–Trinajstić information content (AvgIpc) is 3.46. The van der Waals surface area contributed by atoms with Gasteiger partial charge in [0.1, 0.15) is 0 Å². The zero-order chi connectivity index (χ0) is 20.7. The van der Waals surface area contributed by atoms with Crippen molar-refractivity contribution in [3.05, 3.63) is 94.3 Å². The zero-order valence-electron chi connectivity index (χ0n) is 16.2. The van der Waals surface area contributed by atoms with Crippen LogP contribution >= 0.6 is 11.3 Å². The highest BCUT2D eigenvalue weighted by Crippen LogP contribution is 2.38. The molecule has 30 heavy (non-hydrogen) atoms. The summed E-state index contributed by atoms with van der Waals surface area (Å²) in [5, 5.41) is 6.36. The van der Waals surface area contributed by atoms with Crippen molar-refractivity contribution in [2.75, 3.05) is 10.6 Å². The number of aryl methyl sites for hydroxylation is 1. The van der Waals surface area contributed by atoms with E-state index >= 15 is 0 Å². The van der Waals surface area contributed by atoms with Crippen molar-refractivity contribution in [1.82, 2.24) is 0 Å². The molecule has 0 fully saturated rings. The van der Waals surface area contributed by atoms with E-state index < -0.39 is 0 Å². The predicted molar refractivity (Wildman–Crippen MR) is 118 cm³/mol. The second-order valence-electron chi connectivity index (χ2n) is 7.21. The summed E-state index contributed by atoms with van der Waals surface area (Å²) in [5.41, 5.74) is 6.57. The Labute approximate surface area is 177 Å². The van der Waals surface area contributed by atoms with Crippen LogP contribution in [0.2, 0.25) is 0 Å². The van der Waals surface area contributed by atoms with E-state index in [4.69, 9.17) is 4.42 Å². The molecule has 5 nitrogen and oxygen atoms in total. The van der Waals surface area contributed by atoms with E-state index in [2.05, 4.69) is 34.9 Å². The molecule has 2 aromatic heterocycles. The second-order valence-corrected chi connectivity index (χ2v) is 8.27. The first-order valence-corrected chi connectivity index (χ1v) is 10.4. The fraction of sp³-hybridized carbons (Fsp3) is 0.0833. The molecule has 2 aromatic carbocycles. The Kier molecular flexibility index (Phi) is 4.48. The summed E-state index contributed by atoms with van der Waals surface area (Å²) in [4.78, 5) is 25.6. The number of fused-ring (bicyclic) bond motifs is 3. The van der Waals surface area contributed by atoms with Crippen molar-refractivity contribution in [3.8, 4) is 11.1 Å². The zero-order valence-corrected chi connectivity index (χ0v) is 17.0. The van der Waals surface area contributed by atoms with Gasteiger partial charge in [0, 0.05) is 5.69 Å². The first-order chi connectivity index (χ1) is 14.6. The van der Waals surface area contributed by atoms with Gasteiger partial charge in [0.2, 0.25) is 0 Å². The highest BCUT2D eigenvalue weighted by atomic mass is 32.1. The van der Waals surface area contributed by atoms with Crippen LogP contribution in [-0.2, 0) is 6.42 Å². The maximum Gasteiger partial charge on any atom is 0.291 e. The Morgan fingerprint density at radius 3 is 2.57 bits per heavy atom. The largest absolute Gasteiger partial charge is 0.459 e. The Balaban J connectivity index is 1.32. The van der Waals surface area contributed by atoms with Crippen molar-refractivity contribution >= 4 is 33.8 Å². The summed E-state index contributed by atoms with van der Waals surface area (Å²) in [6, 6.07) is 19.4. The lowest BCUT2D eigenvalue weighted by atomic mass is 10.1. The molecule has 4 aromatic rings. The third-order valence-electron chi connectivity index (χ3n) is 5.16. The molecule has 2 N–H and O–H groups in total. The van der Waals surface area contributed by atoms with Crippen LogP contribution in [0.5, 0.6) is 0 Å². The number of carbonyl (C=O) groups excluding carboxylic acids is 2. The molecule has 5 rings (SSSR count). The van der Waals surface area contributed by atoms with Crippen molar-refractivity contribution in [2.24, 2.45) is 0 Å². The highest BCUT2D eigenvalue weighted by Gasteiger charge is 2.20. The summed E-state index contributed by atoms with van der Waals surface area (Å²) in [6.07, 6.45) is 2.32. The van der Waals surface area contributed by atoms with Crippen molar-refractivity contribution in [1.29, 1.82) is 0 Å². The smallest absolute Gasteiger partial charge is 0.291 e. The van der Waals surface area contributed by atoms with Gasteiger partial charge in [-0.2, -0.15) is 0 Å². The second kappa shape index (κ2) is 7.31. The lowest BCUT2D eigenvalue weighted by Gasteiger charge is -2.07. The molecule has 0 unspecified atom stereocenters. The highest BCUT2D eigenvalue weighted by molar-refractivity contribution is 7.18. The fourth-order valence-corrected chi connectivity index (χ4v) is 4.72. The number of carbonyl (C=O) groups is 2. The van der Waals surface area contributed by atoms with Crippen LogP contribution in [0.25, 0.3) is 11.1 Å². The van der Waals surface area contributed by atoms with Gasteiger partial charge in [-0.05, 0) is 71.5 Å². The van der Waals surface area contributed by atoms with Crippen LogP contribution in [-0.4, -0.2) is 11.8 Å². The van der Waals surface area contributed by atoms with Gasteiger partial charge in [-0.25, -0.2) is 0 Å². The summed E-state index contributed by atoms with van der Waals surface area (Å²) in [5.74, 6) is -0.302. The third kappa shape index (κ3) is 3.31. The molecule has 2 amide bonds. The van der Waals surface area contributed by atoms with Crippen LogP contribution in [0.3, 0.4) is 0 Å². The van der Waals surface area contributed by atoms with E-state index in [0.29, 0.717) is 9.88 Å². The minimum absolute atomic E-state index is 0.188. The molecular formula is C24H18N2O3S. The number of hydrogen-bond donors (Lipinski definition) is 2. The predicted octanol–water partition coefficient (Wildman–Crippen LogP) is 5.73. The first kappa shape index (κ1) is 18.4. The van der Waals surface area contributed by atoms with Crippen LogP contribution < -0.4 is 10.6 Å². The number of hydrogen-bond acceptors (Lipinski definition) is 4. The van der Waals surface area contributed by atoms with Gasteiger partial charge in [-0.1, -0.05) is 30.3 Å². The minimum Gasteiger partial charge on any atom is -0.459 e. The Bertz CT molecular complexity index is 1270. The van der Waals surface area contributed by atoms with E-state index in [1.54, 1.807) is 18.2 Å². The Morgan fingerprint density at radius 1 is 0.900 bits per heavy atom. The Morgan fingerprint density at radius 2 is 1.73 bits per heavy atom. The van der Waals surface area contributed by atoms with E-state index in [1.165, 1.54) is 39.9 Å². The van der Waals surface area contributed by atoms with E-state index in [0.717, 1.165) is 17.7 Å². The lowest BCUT2D eigenvalue weighted by molar-refractivity contribution is 0.0995. The van der Waals surface area contributed by atoms with Crippen molar-refractivity contribution < 1.29 is 14.0 Å². The van der Waals surface area contributed by atoms with E-state index in [-0.39, 0.29) is 17.6 Å². The topological polar surface area (TPSA) is 71.3 Å². The first-order valence-electron chi connectivity index (χ1n) is 9.56. The lowest BCUT2D eigenvalue weighted by Crippen LogP contribution is -2.11. The van der Waals surface area contributed by atoms with Crippen LogP contribution in [0.15, 0.2) is 71.3 Å². The number of amides is 2. The number of furan rings is 1. The fourth-order valence-electron chi connectivity index (χ4n) is 3.76. The van der Waals surface area contributed by atoms with Crippen LogP contribution in [0.4, 0.5) is 10.7 Å². The minimum atomic E-state index is -0.341. The molecule has 1 aliphatic rings. The normalized spacial score (nSPS) is 11.6. The van der Waals surface area contributed by atoms with Gasteiger partial charge in [0.15, 0.2) is 5.76 Å². The number of thiophene rings is 1. The van der Waals surface area contributed by atoms with Gasteiger partial charge in [0.05, 0.1) is 16.1 Å². The summed E-state index contributed by atoms with van der Waals surface area (Å²) in [7, 11) is 0. The summed E-state index contributed by atoms with van der Waals surface area (Å²) >= 11 is 1.24. The number of anilines is 2. The maximum absolute atomic E-state index is 12.8. The monoisotopic (exact) mass is 414 g/mol. The van der Waals surface area contributed by atoms with Crippen LogP contribution in [0.1, 0.15) is 36.9 Å². The molecule has 148 valence electrons. The van der Waals surface area contributed by atoms with Gasteiger partial charge in [-0.3, -0.25) is 9.59 Å². The van der Waals surface area contributed by atoms with Gasteiger partial charge in [0.25, 0.3) is 11.8 Å². The van der Waals surface area contributed by atoms with Crippen molar-refractivity contribution in [2.45, 2.75) is 13.3 Å². The number of nitrogens with one attached hydrogen (secondary N) is 2. The standard InChI is InChI=1S/C24H18N2O3S/c1-14-11-21(26-23(27)20-7-4-10-29-20)30-22(14)24(28)25-17-8-9-19-16(13-17)12-15-5-2-3-6-18(15)19/h2-11,13H,12H2,1H3,(H,25,28)(H,26,27). The van der Waals surface area contributed by atoms with Gasteiger partial charge >= 0.3 is 0 Å². The van der Waals surface area contributed by atoms with Crippen molar-refractivity contribution in [3.63, 3.8) is 0 Å². The maximum atomic E-state index is 12.8. The summed E-state index contributed by atoms with van der Waals surface area (Å²) < 4.78 is 5.10. The van der Waals surface area contributed by atoms with Gasteiger partial charge in [-0.15, -0.1) is 11.3 Å². The van der Waals surface area contributed by atoms with E-state index in [1.807, 2.05) is 25.1 Å².